The highest BCUT2D eigenvalue weighted by molar-refractivity contribution is 7.86. The summed E-state index contributed by atoms with van der Waals surface area (Å²) < 4.78 is 33.0. The van der Waals surface area contributed by atoms with Crippen molar-refractivity contribution in [3.05, 3.63) is 24.4 Å². The van der Waals surface area contributed by atoms with Crippen LogP contribution in [0.4, 0.5) is 5.82 Å². The maximum atomic E-state index is 12.1. The van der Waals surface area contributed by atoms with E-state index < -0.39 is 10.2 Å². The minimum absolute atomic E-state index is 0.297. The molecule has 1 aromatic rings. The van der Waals surface area contributed by atoms with Gasteiger partial charge in [-0.3, -0.25) is 0 Å². The molecular formula is C15H24N4O3S. The zero-order valence-electron chi connectivity index (χ0n) is 13.6. The quantitative estimate of drug-likeness (QED) is 0.828. The molecule has 1 aromatic heterocycles. The summed E-state index contributed by atoms with van der Waals surface area (Å²) in [6.45, 7) is 2.45. The standard InChI is InChI=1S/C15H24N4O3S/c1-18(2)23(20,21)19-11-15(12-19)13(7-10-22-15)6-9-17-14-5-3-4-8-16-14/h3-5,8,13H,6-7,9-12H2,1-2H3,(H,16,17). The van der Waals surface area contributed by atoms with Crippen LogP contribution in [0.5, 0.6) is 0 Å². The largest absolute Gasteiger partial charge is 0.372 e. The van der Waals surface area contributed by atoms with Gasteiger partial charge in [-0.05, 0) is 30.9 Å². The molecule has 1 unspecified atom stereocenters. The third kappa shape index (κ3) is 3.21. The van der Waals surface area contributed by atoms with E-state index >= 15 is 0 Å². The van der Waals surface area contributed by atoms with Gasteiger partial charge in [0.05, 0.1) is 5.60 Å². The molecule has 3 rings (SSSR count). The summed E-state index contributed by atoms with van der Waals surface area (Å²) in [6, 6.07) is 5.78. The minimum Gasteiger partial charge on any atom is -0.372 e. The predicted molar refractivity (Wildman–Crippen MR) is 88.3 cm³/mol. The summed E-state index contributed by atoms with van der Waals surface area (Å²) >= 11 is 0. The monoisotopic (exact) mass is 340 g/mol. The van der Waals surface area contributed by atoms with Gasteiger partial charge >= 0.3 is 0 Å². The average molecular weight is 340 g/mol. The van der Waals surface area contributed by atoms with Crippen molar-refractivity contribution in [3.63, 3.8) is 0 Å². The Morgan fingerprint density at radius 2 is 2.22 bits per heavy atom. The van der Waals surface area contributed by atoms with Crippen LogP contribution in [-0.4, -0.2) is 67.9 Å². The molecule has 7 nitrogen and oxygen atoms in total. The van der Waals surface area contributed by atoms with E-state index in [0.717, 1.165) is 25.2 Å². The normalized spacial score (nSPS) is 24.0. The fraction of sp³-hybridized carbons (Fsp3) is 0.667. The van der Waals surface area contributed by atoms with Gasteiger partial charge in [0.2, 0.25) is 0 Å². The van der Waals surface area contributed by atoms with Gasteiger partial charge in [-0.1, -0.05) is 6.07 Å². The fourth-order valence-electron chi connectivity index (χ4n) is 3.33. The van der Waals surface area contributed by atoms with Crippen LogP contribution in [0.3, 0.4) is 0 Å². The molecule has 1 atom stereocenters. The summed E-state index contributed by atoms with van der Waals surface area (Å²) in [5, 5.41) is 3.31. The van der Waals surface area contributed by atoms with E-state index in [-0.39, 0.29) is 5.60 Å². The average Bonchev–Trinajstić information content (AvgIpc) is 2.90. The second-order valence-electron chi connectivity index (χ2n) is 6.39. The van der Waals surface area contributed by atoms with Gasteiger partial charge in [-0.25, -0.2) is 4.98 Å². The van der Waals surface area contributed by atoms with Crippen LogP contribution < -0.4 is 5.32 Å². The second kappa shape index (κ2) is 6.35. The molecule has 1 spiro atoms. The van der Waals surface area contributed by atoms with E-state index in [2.05, 4.69) is 10.3 Å². The van der Waals surface area contributed by atoms with E-state index in [0.29, 0.717) is 25.6 Å². The summed E-state index contributed by atoms with van der Waals surface area (Å²) in [4.78, 5) is 4.24. The van der Waals surface area contributed by atoms with E-state index in [1.165, 1.54) is 8.61 Å². The number of rotatable bonds is 6. The molecule has 8 heteroatoms. The van der Waals surface area contributed by atoms with Crippen molar-refractivity contribution >= 4 is 16.0 Å². The molecule has 0 bridgehead atoms. The predicted octanol–water partition coefficient (Wildman–Crippen LogP) is 0.781. The molecule has 0 amide bonds. The van der Waals surface area contributed by atoms with E-state index in [1.54, 1.807) is 20.3 Å². The van der Waals surface area contributed by atoms with E-state index in [4.69, 9.17) is 4.74 Å². The molecule has 2 aliphatic rings. The van der Waals surface area contributed by atoms with Crippen molar-refractivity contribution in [1.82, 2.24) is 13.6 Å². The van der Waals surface area contributed by atoms with Crippen molar-refractivity contribution in [2.24, 2.45) is 5.92 Å². The molecule has 3 heterocycles. The van der Waals surface area contributed by atoms with Crippen LogP contribution in [-0.2, 0) is 14.9 Å². The molecule has 23 heavy (non-hydrogen) atoms. The first kappa shape index (κ1) is 16.6. The first-order valence-electron chi connectivity index (χ1n) is 7.90. The SMILES string of the molecule is CN(C)S(=O)(=O)N1CC2(C1)OCCC2CCNc1ccccn1. The Morgan fingerprint density at radius 1 is 1.43 bits per heavy atom. The second-order valence-corrected chi connectivity index (χ2v) is 8.53. The lowest BCUT2D eigenvalue weighted by molar-refractivity contribution is -0.103. The van der Waals surface area contributed by atoms with Gasteiger partial charge in [-0.2, -0.15) is 17.0 Å². The van der Waals surface area contributed by atoms with Crippen molar-refractivity contribution < 1.29 is 13.2 Å². The van der Waals surface area contributed by atoms with Crippen molar-refractivity contribution in [3.8, 4) is 0 Å². The van der Waals surface area contributed by atoms with Crippen LogP contribution in [0, 0.1) is 5.92 Å². The molecule has 0 aliphatic carbocycles. The number of ether oxygens (including phenoxy) is 1. The zero-order valence-corrected chi connectivity index (χ0v) is 14.4. The first-order chi connectivity index (χ1) is 10.9. The highest BCUT2D eigenvalue weighted by Crippen LogP contribution is 2.42. The lowest BCUT2D eigenvalue weighted by Gasteiger charge is -2.49. The van der Waals surface area contributed by atoms with Crippen molar-refractivity contribution in [1.29, 1.82) is 0 Å². The van der Waals surface area contributed by atoms with Gasteiger partial charge in [0.1, 0.15) is 5.82 Å². The van der Waals surface area contributed by atoms with Crippen LogP contribution in [0.2, 0.25) is 0 Å². The van der Waals surface area contributed by atoms with E-state index in [1.807, 2.05) is 18.2 Å². The Labute approximate surface area is 137 Å². The van der Waals surface area contributed by atoms with Gasteiger partial charge in [0.25, 0.3) is 10.2 Å². The Hall–Kier alpha value is -1.22. The van der Waals surface area contributed by atoms with Crippen LogP contribution in [0.15, 0.2) is 24.4 Å². The van der Waals surface area contributed by atoms with Gasteiger partial charge in [0.15, 0.2) is 0 Å². The number of hydrogen-bond donors (Lipinski definition) is 1. The summed E-state index contributed by atoms with van der Waals surface area (Å²) in [5.74, 6) is 1.25. The zero-order chi connectivity index (χ0) is 16.5. The van der Waals surface area contributed by atoms with Gasteiger partial charge in [-0.15, -0.1) is 0 Å². The van der Waals surface area contributed by atoms with Crippen LogP contribution in [0.25, 0.3) is 0 Å². The third-order valence-corrected chi connectivity index (χ3v) is 6.57. The Kier molecular flexibility index (Phi) is 4.59. The lowest BCUT2D eigenvalue weighted by Crippen LogP contribution is -2.67. The Bertz CT molecular complexity index is 629. The van der Waals surface area contributed by atoms with Crippen LogP contribution in [0.1, 0.15) is 12.8 Å². The molecule has 128 valence electrons. The summed E-state index contributed by atoms with van der Waals surface area (Å²) in [5.41, 5.74) is -0.297. The number of hydrogen-bond acceptors (Lipinski definition) is 5. The molecule has 0 aromatic carbocycles. The van der Waals surface area contributed by atoms with Crippen molar-refractivity contribution in [2.75, 3.05) is 45.7 Å². The molecule has 2 saturated heterocycles. The van der Waals surface area contributed by atoms with Crippen molar-refractivity contribution in [2.45, 2.75) is 18.4 Å². The van der Waals surface area contributed by atoms with Crippen LogP contribution >= 0.6 is 0 Å². The maximum absolute atomic E-state index is 12.1. The summed E-state index contributed by atoms with van der Waals surface area (Å²) in [6.07, 6.45) is 3.70. The summed E-state index contributed by atoms with van der Waals surface area (Å²) in [7, 11) is -0.210. The number of aromatic nitrogens is 1. The highest BCUT2D eigenvalue weighted by atomic mass is 32.2. The minimum atomic E-state index is -3.33. The Balaban J connectivity index is 1.53. The molecule has 1 N–H and O–H groups in total. The molecule has 0 radical (unpaired) electrons. The third-order valence-electron chi connectivity index (χ3n) is 4.74. The first-order valence-corrected chi connectivity index (χ1v) is 9.30. The molecule has 2 fully saturated rings. The molecule has 2 aliphatic heterocycles. The smallest absolute Gasteiger partial charge is 0.281 e. The van der Waals surface area contributed by atoms with E-state index in [9.17, 15) is 8.42 Å². The number of pyridine rings is 1. The number of nitrogens with one attached hydrogen (secondary N) is 1. The van der Waals surface area contributed by atoms with Gasteiger partial charge < -0.3 is 10.1 Å². The maximum Gasteiger partial charge on any atom is 0.281 e. The number of anilines is 1. The molecular weight excluding hydrogens is 316 g/mol. The highest BCUT2D eigenvalue weighted by Gasteiger charge is 2.56. The molecule has 0 saturated carbocycles. The fourth-order valence-corrected chi connectivity index (χ4v) is 4.55. The Morgan fingerprint density at radius 3 is 2.87 bits per heavy atom. The van der Waals surface area contributed by atoms with Gasteiger partial charge in [0, 0.05) is 46.5 Å². The lowest BCUT2D eigenvalue weighted by atomic mass is 9.80. The number of nitrogens with zero attached hydrogens (tertiary/aromatic N) is 3. The topological polar surface area (TPSA) is 74.8 Å².